The van der Waals surface area contributed by atoms with E-state index in [-0.39, 0.29) is 0 Å². The highest BCUT2D eigenvalue weighted by Crippen LogP contribution is 2.26. The van der Waals surface area contributed by atoms with E-state index in [1.54, 1.807) is 11.3 Å². The zero-order chi connectivity index (χ0) is 8.39. The molecule has 2 aromatic rings. The Morgan fingerprint density at radius 1 is 1.25 bits per heavy atom. The van der Waals surface area contributed by atoms with Crippen LogP contribution in [0.2, 0.25) is 0 Å². The lowest BCUT2D eigenvalue weighted by atomic mass is 10.1. The van der Waals surface area contributed by atoms with Gasteiger partial charge in [-0.2, -0.15) is 0 Å². The van der Waals surface area contributed by atoms with Gasteiger partial charge >= 0.3 is 0 Å². The first-order valence-corrected chi connectivity index (χ1v) is 4.77. The van der Waals surface area contributed by atoms with Crippen LogP contribution >= 0.6 is 11.3 Å². The average molecular weight is 173 g/mol. The first kappa shape index (κ1) is 7.56. The molecule has 0 atom stereocenters. The molecule has 0 bridgehead atoms. The third kappa shape index (κ3) is 1.28. The molecule has 0 spiro atoms. The third-order valence-electron chi connectivity index (χ3n) is 1.83. The van der Waals surface area contributed by atoms with Crippen molar-refractivity contribution < 1.29 is 0 Å². The Labute approximate surface area is 76.5 Å². The van der Waals surface area contributed by atoms with Crippen LogP contribution in [0.5, 0.6) is 0 Å². The summed E-state index contributed by atoms with van der Waals surface area (Å²) in [5.41, 5.74) is 2.52. The molecule has 1 heterocycles. The lowest BCUT2D eigenvalue weighted by molar-refractivity contribution is 1.47. The van der Waals surface area contributed by atoms with Crippen molar-refractivity contribution in [3.63, 3.8) is 0 Å². The van der Waals surface area contributed by atoms with Crippen molar-refractivity contribution in [1.29, 1.82) is 0 Å². The van der Waals surface area contributed by atoms with Gasteiger partial charge in [0.05, 0.1) is 0 Å². The Morgan fingerprint density at radius 3 is 2.83 bits per heavy atom. The fourth-order valence-electron chi connectivity index (χ4n) is 1.21. The molecule has 0 aliphatic carbocycles. The number of thiophene rings is 1. The van der Waals surface area contributed by atoms with Gasteiger partial charge in [0.2, 0.25) is 0 Å². The van der Waals surface area contributed by atoms with Gasteiger partial charge in [0.15, 0.2) is 0 Å². The fourth-order valence-corrected chi connectivity index (χ4v) is 2.01. The SMILES string of the molecule is Cc1ccc[c]c1-c1cccs1. The number of rotatable bonds is 1. The van der Waals surface area contributed by atoms with Crippen LogP contribution in [-0.2, 0) is 0 Å². The Bertz CT molecular complexity index is 360. The normalized spacial score (nSPS) is 10.1. The molecule has 2 rings (SSSR count). The first-order chi connectivity index (χ1) is 5.88. The van der Waals surface area contributed by atoms with Crippen LogP contribution in [0, 0.1) is 13.0 Å². The molecule has 59 valence electrons. The van der Waals surface area contributed by atoms with Crippen LogP contribution in [0.1, 0.15) is 5.56 Å². The Kier molecular flexibility index (Phi) is 1.96. The largest absolute Gasteiger partial charge is 0.144 e. The van der Waals surface area contributed by atoms with Gasteiger partial charge in [0.1, 0.15) is 0 Å². The Hall–Kier alpha value is -1.08. The smallest absolute Gasteiger partial charge is 0.0351 e. The van der Waals surface area contributed by atoms with Gasteiger partial charge in [-0.1, -0.05) is 24.3 Å². The summed E-state index contributed by atoms with van der Waals surface area (Å²) < 4.78 is 0. The summed E-state index contributed by atoms with van der Waals surface area (Å²) in [6.45, 7) is 2.12. The molecule has 0 aliphatic rings. The highest BCUT2D eigenvalue weighted by Gasteiger charge is 2.00. The van der Waals surface area contributed by atoms with E-state index >= 15 is 0 Å². The van der Waals surface area contributed by atoms with Crippen LogP contribution in [0.15, 0.2) is 35.7 Å². The number of aryl methyl sites for hydroxylation is 1. The van der Waals surface area contributed by atoms with Crippen LogP contribution in [-0.4, -0.2) is 0 Å². The minimum Gasteiger partial charge on any atom is -0.144 e. The minimum atomic E-state index is 1.23. The second-order valence-corrected chi connectivity index (χ2v) is 3.65. The maximum atomic E-state index is 3.25. The van der Waals surface area contributed by atoms with Gasteiger partial charge < -0.3 is 0 Å². The first-order valence-electron chi connectivity index (χ1n) is 3.89. The van der Waals surface area contributed by atoms with Crippen molar-refractivity contribution in [2.75, 3.05) is 0 Å². The molecule has 1 heteroatoms. The molecule has 1 aromatic heterocycles. The van der Waals surface area contributed by atoms with Gasteiger partial charge in [0.25, 0.3) is 0 Å². The van der Waals surface area contributed by atoms with Crippen molar-refractivity contribution >= 4 is 11.3 Å². The standard InChI is InChI=1S/C11H9S/c1-9-5-2-3-6-10(9)11-7-4-8-12-11/h2-5,7-8H,1H3. The molecule has 0 N–H and O–H groups in total. The van der Waals surface area contributed by atoms with E-state index in [4.69, 9.17) is 0 Å². The predicted octanol–water partition coefficient (Wildman–Crippen LogP) is 3.52. The lowest BCUT2D eigenvalue weighted by Crippen LogP contribution is -1.77. The highest BCUT2D eigenvalue weighted by molar-refractivity contribution is 7.13. The van der Waals surface area contributed by atoms with Crippen molar-refractivity contribution in [3.05, 3.63) is 47.3 Å². The van der Waals surface area contributed by atoms with Gasteiger partial charge in [-0.05, 0) is 30.0 Å². The molecule has 1 aromatic carbocycles. The summed E-state index contributed by atoms with van der Waals surface area (Å²) in [5, 5.41) is 2.09. The van der Waals surface area contributed by atoms with Crippen molar-refractivity contribution in [3.8, 4) is 10.4 Å². The molecule has 0 amide bonds. The van der Waals surface area contributed by atoms with Crippen LogP contribution in [0.25, 0.3) is 10.4 Å². The molecule has 0 saturated carbocycles. The van der Waals surface area contributed by atoms with Crippen LogP contribution in [0.3, 0.4) is 0 Å². The molecule has 12 heavy (non-hydrogen) atoms. The van der Waals surface area contributed by atoms with Crippen LogP contribution in [0.4, 0.5) is 0 Å². The average Bonchev–Trinajstić information content (AvgIpc) is 2.57. The predicted molar refractivity (Wildman–Crippen MR) is 53.3 cm³/mol. The van der Waals surface area contributed by atoms with Crippen molar-refractivity contribution in [2.24, 2.45) is 0 Å². The zero-order valence-corrected chi connectivity index (χ0v) is 7.69. The third-order valence-corrected chi connectivity index (χ3v) is 2.72. The zero-order valence-electron chi connectivity index (χ0n) is 6.87. The minimum absolute atomic E-state index is 1.23. The molecule has 0 fully saturated rings. The number of hydrogen-bond donors (Lipinski definition) is 0. The fraction of sp³-hybridized carbons (Fsp3) is 0.0909. The molecular formula is C11H9S. The molecule has 0 nitrogen and oxygen atoms in total. The number of benzene rings is 1. The van der Waals surface area contributed by atoms with Gasteiger partial charge in [-0.15, -0.1) is 11.3 Å². The van der Waals surface area contributed by atoms with Crippen molar-refractivity contribution in [1.82, 2.24) is 0 Å². The summed E-state index contributed by atoms with van der Waals surface area (Å²) in [6, 6.07) is 13.5. The summed E-state index contributed by atoms with van der Waals surface area (Å²) in [6.07, 6.45) is 0. The molecule has 0 unspecified atom stereocenters. The topological polar surface area (TPSA) is 0 Å². The highest BCUT2D eigenvalue weighted by atomic mass is 32.1. The monoisotopic (exact) mass is 173 g/mol. The van der Waals surface area contributed by atoms with E-state index in [1.165, 1.54) is 16.0 Å². The van der Waals surface area contributed by atoms with Crippen molar-refractivity contribution in [2.45, 2.75) is 6.92 Å². The summed E-state index contributed by atoms with van der Waals surface area (Å²) in [4.78, 5) is 1.30. The molecule has 0 saturated heterocycles. The second kappa shape index (κ2) is 3.11. The summed E-state index contributed by atoms with van der Waals surface area (Å²) in [5.74, 6) is 0. The quantitative estimate of drug-likeness (QED) is 0.619. The van der Waals surface area contributed by atoms with E-state index in [0.717, 1.165) is 0 Å². The molecule has 1 radical (unpaired) electrons. The van der Waals surface area contributed by atoms with E-state index in [1.807, 2.05) is 12.1 Å². The van der Waals surface area contributed by atoms with E-state index < -0.39 is 0 Å². The van der Waals surface area contributed by atoms with E-state index in [0.29, 0.717) is 0 Å². The van der Waals surface area contributed by atoms with E-state index in [2.05, 4.69) is 36.6 Å². The number of hydrogen-bond acceptors (Lipinski definition) is 1. The summed E-state index contributed by atoms with van der Waals surface area (Å²) in [7, 11) is 0. The van der Waals surface area contributed by atoms with Gasteiger partial charge in [-0.25, -0.2) is 0 Å². The summed E-state index contributed by atoms with van der Waals surface area (Å²) >= 11 is 1.76. The maximum absolute atomic E-state index is 3.25. The van der Waals surface area contributed by atoms with E-state index in [9.17, 15) is 0 Å². The van der Waals surface area contributed by atoms with Crippen LogP contribution < -0.4 is 0 Å². The Balaban J connectivity index is 2.55. The van der Waals surface area contributed by atoms with Gasteiger partial charge in [-0.3, -0.25) is 0 Å². The van der Waals surface area contributed by atoms with Gasteiger partial charge in [0, 0.05) is 10.4 Å². The lowest BCUT2D eigenvalue weighted by Gasteiger charge is -1.99. The second-order valence-electron chi connectivity index (χ2n) is 2.71. The maximum Gasteiger partial charge on any atom is 0.0351 e. The molecular weight excluding hydrogens is 164 g/mol. The molecule has 0 aliphatic heterocycles. The Morgan fingerprint density at radius 2 is 2.17 bits per heavy atom.